The Morgan fingerprint density at radius 2 is 1.97 bits per heavy atom. The van der Waals surface area contributed by atoms with Gasteiger partial charge < -0.3 is 15.4 Å². The predicted octanol–water partition coefficient (Wildman–Crippen LogP) is 4.33. The molecule has 1 saturated heterocycles. The van der Waals surface area contributed by atoms with Crippen molar-refractivity contribution in [3.05, 3.63) is 47.9 Å². The lowest BCUT2D eigenvalue weighted by Gasteiger charge is -2.26. The molecule has 0 aliphatic carbocycles. The highest BCUT2D eigenvalue weighted by molar-refractivity contribution is 7.93. The van der Waals surface area contributed by atoms with E-state index in [-0.39, 0.29) is 23.4 Å². The Labute approximate surface area is 219 Å². The molecular formula is C23H22F3N7O3S2. The Morgan fingerprint density at radius 1 is 1.13 bits per heavy atom. The lowest BCUT2D eigenvalue weighted by molar-refractivity contribution is 0.236. The van der Waals surface area contributed by atoms with Gasteiger partial charge in [-0.05, 0) is 31.2 Å². The van der Waals surface area contributed by atoms with Crippen molar-refractivity contribution in [2.45, 2.75) is 31.3 Å². The van der Waals surface area contributed by atoms with Crippen LogP contribution in [-0.4, -0.2) is 59.4 Å². The molecule has 38 heavy (non-hydrogen) atoms. The molecular weight excluding hydrogens is 543 g/mol. The van der Waals surface area contributed by atoms with Gasteiger partial charge in [0, 0.05) is 54.9 Å². The van der Waals surface area contributed by atoms with Gasteiger partial charge in [-0.25, -0.2) is 27.8 Å². The number of sulfonamides is 1. The summed E-state index contributed by atoms with van der Waals surface area (Å²) < 4.78 is 71.1. The summed E-state index contributed by atoms with van der Waals surface area (Å²) in [4.78, 5) is 18.0. The minimum Gasteiger partial charge on any atom is -0.437 e. The first-order chi connectivity index (χ1) is 18.2. The third kappa shape index (κ3) is 5.63. The number of pyridine rings is 1. The van der Waals surface area contributed by atoms with Crippen LogP contribution in [0.2, 0.25) is 0 Å². The van der Waals surface area contributed by atoms with Crippen LogP contribution in [0.1, 0.15) is 11.4 Å². The molecule has 4 heterocycles. The number of benzene rings is 1. The zero-order valence-corrected chi connectivity index (χ0v) is 21.5. The van der Waals surface area contributed by atoms with Gasteiger partial charge in [-0.2, -0.15) is 8.78 Å². The number of fused-ring (bicyclic) bond motifs is 1. The molecule has 1 aromatic carbocycles. The molecule has 5 rings (SSSR count). The Bertz CT molecular complexity index is 1570. The molecule has 10 nitrogen and oxygen atoms in total. The molecule has 0 unspecified atom stereocenters. The zero-order chi connectivity index (χ0) is 26.9. The molecule has 1 aliphatic rings. The number of nitrogens with zero attached hydrogens (tertiary/aromatic N) is 4. The fourth-order valence-electron chi connectivity index (χ4n) is 4.02. The van der Waals surface area contributed by atoms with Crippen molar-refractivity contribution in [2.24, 2.45) is 0 Å². The van der Waals surface area contributed by atoms with Crippen molar-refractivity contribution in [1.82, 2.24) is 25.3 Å². The highest BCUT2D eigenvalue weighted by atomic mass is 32.2. The number of aryl methyl sites for hydroxylation is 1. The number of alkyl halides is 3. The second-order valence-corrected chi connectivity index (χ2v) is 11.4. The second kappa shape index (κ2) is 10.7. The maximum Gasteiger partial charge on any atom is 0.355 e. The number of hydrogen-bond acceptors (Lipinski definition) is 10. The number of aromatic nitrogens is 4. The number of rotatable bonds is 8. The van der Waals surface area contributed by atoms with Crippen molar-refractivity contribution in [3.8, 4) is 22.2 Å². The summed E-state index contributed by atoms with van der Waals surface area (Å²) in [7, 11) is -4.87. The largest absolute Gasteiger partial charge is 0.437 e. The molecule has 200 valence electrons. The molecule has 3 aromatic heterocycles. The number of nitrogens with one attached hydrogen (secondary N) is 3. The van der Waals surface area contributed by atoms with Crippen LogP contribution >= 0.6 is 11.3 Å². The number of piperidine rings is 1. The first-order valence-corrected chi connectivity index (χ1v) is 13.8. The summed E-state index contributed by atoms with van der Waals surface area (Å²) in [5.41, 5.74) is 0.497. The van der Waals surface area contributed by atoms with E-state index in [1.54, 1.807) is 19.2 Å². The van der Waals surface area contributed by atoms with Crippen LogP contribution in [-0.2, 0) is 10.0 Å². The van der Waals surface area contributed by atoms with Crippen molar-refractivity contribution in [3.63, 3.8) is 0 Å². The van der Waals surface area contributed by atoms with E-state index in [4.69, 9.17) is 4.74 Å². The average Bonchev–Trinajstić information content (AvgIpc) is 3.25. The minimum absolute atomic E-state index is 0.0380. The average molecular weight is 566 g/mol. The number of halogens is 3. The topological polar surface area (TPSA) is 131 Å². The third-order valence-corrected chi connectivity index (χ3v) is 7.64. The van der Waals surface area contributed by atoms with Crippen LogP contribution in [0.15, 0.2) is 42.9 Å². The first kappa shape index (κ1) is 26.1. The van der Waals surface area contributed by atoms with Crippen LogP contribution in [0.5, 0.6) is 11.6 Å². The van der Waals surface area contributed by atoms with Gasteiger partial charge in [0.25, 0.3) is 10.0 Å². The molecule has 1 aliphatic heterocycles. The molecule has 3 N–H and O–H groups in total. The molecule has 0 bridgehead atoms. The summed E-state index contributed by atoms with van der Waals surface area (Å²) in [5.74, 6) is -2.72. The van der Waals surface area contributed by atoms with Gasteiger partial charge in [0.15, 0.2) is 0 Å². The Hall–Kier alpha value is -3.56. The van der Waals surface area contributed by atoms with Crippen LogP contribution < -0.4 is 20.1 Å². The van der Waals surface area contributed by atoms with Crippen molar-refractivity contribution >= 4 is 43.8 Å². The second-order valence-electron chi connectivity index (χ2n) is 8.51. The van der Waals surface area contributed by atoms with E-state index in [0.717, 1.165) is 0 Å². The van der Waals surface area contributed by atoms with Gasteiger partial charge in [0.2, 0.25) is 11.8 Å². The summed E-state index contributed by atoms with van der Waals surface area (Å²) >= 11 is 1.34. The van der Waals surface area contributed by atoms with E-state index in [0.29, 0.717) is 51.8 Å². The summed E-state index contributed by atoms with van der Waals surface area (Å²) in [6, 6.07) is 5.81. The molecule has 0 saturated carbocycles. The van der Waals surface area contributed by atoms with Gasteiger partial charge in [-0.3, -0.25) is 9.71 Å². The van der Waals surface area contributed by atoms with Crippen LogP contribution in [0, 0.1) is 6.92 Å². The Morgan fingerprint density at radius 3 is 2.76 bits per heavy atom. The fraction of sp³-hybridized carbons (Fsp3) is 0.304. The highest BCUT2D eigenvalue weighted by Crippen LogP contribution is 2.40. The number of hydrogen-bond donors (Lipinski definition) is 3. The zero-order valence-electron chi connectivity index (χ0n) is 19.9. The standard InChI is InChI=1S/C23H22F3N7O3S2/c1-12-30-21(20(37-12)18-5-7-29-23(32-18)31-14-8-13(24)9-28-10-14)36-19-3-2-17(33-38(34,35)22(25)26)15-4-6-27-11-16(15)19/h2-7,11,13-14,22,28,33H,8-10H2,1H3,(H,29,31,32)/t13-,14-/m0/s1. The summed E-state index contributed by atoms with van der Waals surface area (Å²) in [5, 5.41) is 7.58. The van der Waals surface area contributed by atoms with E-state index in [2.05, 4.69) is 30.6 Å². The molecule has 0 amide bonds. The van der Waals surface area contributed by atoms with E-state index in [1.165, 1.54) is 41.9 Å². The van der Waals surface area contributed by atoms with E-state index in [9.17, 15) is 21.6 Å². The first-order valence-electron chi connectivity index (χ1n) is 11.5. The van der Waals surface area contributed by atoms with Crippen LogP contribution in [0.4, 0.5) is 24.8 Å². The molecule has 0 spiro atoms. The van der Waals surface area contributed by atoms with Crippen molar-refractivity contribution in [2.75, 3.05) is 23.1 Å². The number of thiazole rings is 1. The fourth-order valence-corrected chi connectivity index (χ4v) is 5.41. The summed E-state index contributed by atoms with van der Waals surface area (Å²) in [6.07, 6.45) is 3.82. The lowest BCUT2D eigenvalue weighted by atomic mass is 10.1. The maximum absolute atomic E-state index is 13.8. The Kier molecular flexibility index (Phi) is 7.32. The third-order valence-electron chi connectivity index (χ3n) is 5.69. The van der Waals surface area contributed by atoms with Crippen molar-refractivity contribution in [1.29, 1.82) is 0 Å². The highest BCUT2D eigenvalue weighted by Gasteiger charge is 2.26. The van der Waals surface area contributed by atoms with Crippen LogP contribution in [0.25, 0.3) is 21.3 Å². The van der Waals surface area contributed by atoms with Gasteiger partial charge in [0.1, 0.15) is 16.8 Å². The van der Waals surface area contributed by atoms with Gasteiger partial charge in [-0.1, -0.05) is 0 Å². The normalized spacial score (nSPS) is 18.0. The minimum atomic E-state index is -4.87. The molecule has 15 heteroatoms. The smallest absolute Gasteiger partial charge is 0.355 e. The van der Waals surface area contributed by atoms with E-state index >= 15 is 0 Å². The molecule has 4 aromatic rings. The van der Waals surface area contributed by atoms with Gasteiger partial charge >= 0.3 is 5.76 Å². The number of ether oxygens (including phenoxy) is 1. The van der Waals surface area contributed by atoms with Crippen LogP contribution in [0.3, 0.4) is 0 Å². The van der Waals surface area contributed by atoms with Crippen molar-refractivity contribution < 1.29 is 26.3 Å². The quantitative estimate of drug-likeness (QED) is 0.286. The molecule has 2 atom stereocenters. The summed E-state index contributed by atoms with van der Waals surface area (Å²) in [6.45, 7) is 2.72. The molecule has 0 radical (unpaired) electrons. The Balaban J connectivity index is 1.45. The maximum atomic E-state index is 13.8. The van der Waals surface area contributed by atoms with Gasteiger partial charge in [0.05, 0.1) is 16.4 Å². The predicted molar refractivity (Wildman–Crippen MR) is 138 cm³/mol. The lowest BCUT2D eigenvalue weighted by Crippen LogP contribution is -2.44. The number of anilines is 2. The van der Waals surface area contributed by atoms with E-state index < -0.39 is 22.0 Å². The van der Waals surface area contributed by atoms with E-state index in [1.807, 2.05) is 4.72 Å². The SMILES string of the molecule is Cc1nc(Oc2ccc(NS(=O)(=O)C(F)F)c3ccncc23)c(-c2ccnc(N[C@@H]3CNC[C@@H](F)C3)n2)s1. The monoisotopic (exact) mass is 565 g/mol. The molecule has 1 fully saturated rings. The van der Waals surface area contributed by atoms with Gasteiger partial charge in [-0.15, -0.1) is 11.3 Å².